The average Bonchev–Trinajstić information content (AvgIpc) is 2.73. The lowest BCUT2D eigenvalue weighted by molar-refractivity contribution is 0.0475. The molecule has 0 heterocycles. The zero-order valence-electron chi connectivity index (χ0n) is 15.1. The predicted octanol–water partition coefficient (Wildman–Crippen LogP) is 5.03. The second-order valence-electron chi connectivity index (χ2n) is 6.09. The Bertz CT molecular complexity index is 918. The van der Waals surface area contributed by atoms with Gasteiger partial charge in [-0.1, -0.05) is 61.5 Å². The average molecular weight is 359 g/mol. The molecule has 27 heavy (non-hydrogen) atoms. The zero-order chi connectivity index (χ0) is 19.1. The van der Waals surface area contributed by atoms with Crippen LogP contribution in [-0.4, -0.2) is 18.4 Å². The molecule has 4 heteroatoms. The molecule has 0 atom stereocenters. The summed E-state index contributed by atoms with van der Waals surface area (Å²) < 4.78 is 5.25. The minimum absolute atomic E-state index is 0.223. The number of nitrogens with one attached hydrogen (secondary N) is 1. The molecule has 0 fully saturated rings. The highest BCUT2D eigenvalue weighted by Crippen LogP contribution is 2.21. The van der Waals surface area contributed by atoms with Crippen molar-refractivity contribution in [3.63, 3.8) is 0 Å². The first-order valence-corrected chi connectivity index (χ1v) is 8.87. The van der Waals surface area contributed by atoms with Gasteiger partial charge < -0.3 is 10.1 Å². The van der Waals surface area contributed by atoms with Crippen LogP contribution in [0.2, 0.25) is 0 Å². The maximum absolute atomic E-state index is 12.5. The number of hydrogen-bond acceptors (Lipinski definition) is 4. The number of para-hydroxylation sites is 2. The molecule has 0 saturated heterocycles. The molecule has 0 saturated carbocycles. The summed E-state index contributed by atoms with van der Waals surface area (Å²) in [5, 5.41) is 3.20. The van der Waals surface area contributed by atoms with Crippen molar-refractivity contribution in [2.24, 2.45) is 0 Å². The number of benzene rings is 3. The normalized spacial score (nSPS) is 10.3. The van der Waals surface area contributed by atoms with Crippen molar-refractivity contribution in [2.75, 3.05) is 11.9 Å². The van der Waals surface area contributed by atoms with Crippen LogP contribution in [0, 0.1) is 0 Å². The molecular formula is C23H21NO3. The fourth-order valence-corrected chi connectivity index (χ4v) is 2.67. The van der Waals surface area contributed by atoms with Crippen LogP contribution >= 0.6 is 0 Å². The van der Waals surface area contributed by atoms with Crippen LogP contribution in [0.5, 0.6) is 0 Å². The van der Waals surface area contributed by atoms with Gasteiger partial charge in [0.05, 0.1) is 11.3 Å². The maximum atomic E-state index is 12.5. The monoisotopic (exact) mass is 359 g/mol. The second kappa shape index (κ2) is 8.81. The van der Waals surface area contributed by atoms with Gasteiger partial charge in [0.2, 0.25) is 0 Å². The number of hydrogen-bond donors (Lipinski definition) is 1. The molecule has 0 amide bonds. The first-order valence-electron chi connectivity index (χ1n) is 8.87. The van der Waals surface area contributed by atoms with Gasteiger partial charge in [0.25, 0.3) is 0 Å². The third kappa shape index (κ3) is 4.82. The van der Waals surface area contributed by atoms with E-state index < -0.39 is 5.97 Å². The van der Waals surface area contributed by atoms with Gasteiger partial charge in [0.1, 0.15) is 0 Å². The summed E-state index contributed by atoms with van der Waals surface area (Å²) in [6, 6.07) is 24.0. The number of rotatable bonds is 7. The topological polar surface area (TPSA) is 55.4 Å². The van der Waals surface area contributed by atoms with Crippen LogP contribution in [0.1, 0.15) is 33.2 Å². The van der Waals surface area contributed by atoms with Gasteiger partial charge in [-0.15, -0.1) is 0 Å². The minimum atomic E-state index is -0.535. The molecule has 136 valence electrons. The Hall–Kier alpha value is -3.40. The molecule has 3 aromatic rings. The largest absolute Gasteiger partial charge is 0.454 e. The van der Waals surface area contributed by atoms with E-state index in [2.05, 4.69) is 12.2 Å². The number of Topliss-reactive ketones (excluding diaryl/α,β-unsaturated/α-hetero) is 1. The van der Waals surface area contributed by atoms with Crippen molar-refractivity contribution >= 4 is 23.1 Å². The van der Waals surface area contributed by atoms with Crippen LogP contribution in [0.3, 0.4) is 0 Å². The first kappa shape index (κ1) is 18.4. The highest BCUT2D eigenvalue weighted by molar-refractivity contribution is 6.01. The van der Waals surface area contributed by atoms with Crippen LogP contribution in [0.25, 0.3) is 0 Å². The van der Waals surface area contributed by atoms with Crippen molar-refractivity contribution in [2.45, 2.75) is 13.3 Å². The number of ether oxygens (including phenoxy) is 1. The molecule has 0 radical (unpaired) electrons. The van der Waals surface area contributed by atoms with Gasteiger partial charge in [-0.2, -0.15) is 0 Å². The highest BCUT2D eigenvalue weighted by atomic mass is 16.5. The standard InChI is InChI=1S/C23H21NO3/c1-2-17-12-14-18(15-13-17)22(25)16-27-23(26)20-10-6-7-11-21(20)24-19-8-4-3-5-9-19/h3-15,24H,2,16H2,1H3. The summed E-state index contributed by atoms with van der Waals surface area (Å²) in [6.07, 6.45) is 0.911. The molecule has 0 aliphatic carbocycles. The number of anilines is 2. The summed E-state index contributed by atoms with van der Waals surface area (Å²) >= 11 is 0. The second-order valence-corrected chi connectivity index (χ2v) is 6.09. The Kier molecular flexibility index (Phi) is 6.00. The lowest BCUT2D eigenvalue weighted by Crippen LogP contribution is -2.15. The van der Waals surface area contributed by atoms with E-state index in [9.17, 15) is 9.59 Å². The van der Waals surface area contributed by atoms with E-state index in [1.54, 1.807) is 30.3 Å². The highest BCUT2D eigenvalue weighted by Gasteiger charge is 2.15. The number of aryl methyl sites for hydroxylation is 1. The third-order valence-electron chi connectivity index (χ3n) is 4.22. The first-order chi connectivity index (χ1) is 13.2. The van der Waals surface area contributed by atoms with Gasteiger partial charge in [-0.3, -0.25) is 4.79 Å². The Morgan fingerprint density at radius 3 is 2.22 bits per heavy atom. The molecule has 0 aromatic heterocycles. The van der Waals surface area contributed by atoms with Crippen molar-refractivity contribution in [1.82, 2.24) is 0 Å². The van der Waals surface area contributed by atoms with Crippen LogP contribution < -0.4 is 5.32 Å². The van der Waals surface area contributed by atoms with Crippen molar-refractivity contribution in [3.05, 3.63) is 95.6 Å². The molecule has 0 bridgehead atoms. The number of carbonyl (C=O) groups excluding carboxylic acids is 2. The van der Waals surface area contributed by atoms with Crippen LogP contribution in [0.15, 0.2) is 78.9 Å². The number of esters is 1. The van der Waals surface area contributed by atoms with E-state index in [0.29, 0.717) is 16.8 Å². The smallest absolute Gasteiger partial charge is 0.340 e. The van der Waals surface area contributed by atoms with Crippen LogP contribution in [0.4, 0.5) is 11.4 Å². The minimum Gasteiger partial charge on any atom is -0.454 e. The maximum Gasteiger partial charge on any atom is 0.340 e. The summed E-state index contributed by atoms with van der Waals surface area (Å²) in [5.41, 5.74) is 3.58. The molecule has 0 spiro atoms. The Morgan fingerprint density at radius 2 is 1.52 bits per heavy atom. The van der Waals surface area contributed by atoms with Crippen molar-refractivity contribution in [1.29, 1.82) is 0 Å². The predicted molar refractivity (Wildman–Crippen MR) is 107 cm³/mol. The Morgan fingerprint density at radius 1 is 0.852 bits per heavy atom. The molecule has 3 aromatic carbocycles. The molecule has 0 unspecified atom stereocenters. The summed E-state index contributed by atoms with van der Waals surface area (Å²) in [6.45, 7) is 1.77. The van der Waals surface area contributed by atoms with Crippen molar-refractivity contribution < 1.29 is 14.3 Å². The van der Waals surface area contributed by atoms with E-state index in [0.717, 1.165) is 17.7 Å². The number of carbonyl (C=O) groups is 2. The van der Waals surface area contributed by atoms with Crippen molar-refractivity contribution in [3.8, 4) is 0 Å². The van der Waals surface area contributed by atoms with E-state index in [1.807, 2.05) is 48.5 Å². The van der Waals surface area contributed by atoms with Crippen LogP contribution in [-0.2, 0) is 11.2 Å². The fourth-order valence-electron chi connectivity index (χ4n) is 2.67. The molecule has 0 aliphatic rings. The molecule has 3 rings (SSSR count). The molecule has 0 aliphatic heterocycles. The Balaban J connectivity index is 1.66. The molecular weight excluding hydrogens is 338 g/mol. The molecule has 1 N–H and O–H groups in total. The molecule has 4 nitrogen and oxygen atoms in total. The van der Waals surface area contributed by atoms with E-state index in [4.69, 9.17) is 4.74 Å². The quantitative estimate of drug-likeness (QED) is 0.475. The van der Waals surface area contributed by atoms with E-state index >= 15 is 0 Å². The van der Waals surface area contributed by atoms with Gasteiger partial charge in [-0.05, 0) is 36.2 Å². The fraction of sp³-hybridized carbons (Fsp3) is 0.130. The van der Waals surface area contributed by atoms with Gasteiger partial charge in [0, 0.05) is 11.3 Å². The van der Waals surface area contributed by atoms with E-state index in [1.165, 1.54) is 0 Å². The van der Waals surface area contributed by atoms with Gasteiger partial charge >= 0.3 is 5.97 Å². The zero-order valence-corrected chi connectivity index (χ0v) is 15.1. The summed E-state index contributed by atoms with van der Waals surface area (Å²) in [7, 11) is 0. The summed E-state index contributed by atoms with van der Waals surface area (Å²) in [5.74, 6) is -0.757. The van der Waals surface area contributed by atoms with Gasteiger partial charge in [-0.25, -0.2) is 4.79 Å². The number of ketones is 1. The third-order valence-corrected chi connectivity index (χ3v) is 4.22. The lowest BCUT2D eigenvalue weighted by Gasteiger charge is -2.11. The van der Waals surface area contributed by atoms with E-state index in [-0.39, 0.29) is 12.4 Å². The van der Waals surface area contributed by atoms with Gasteiger partial charge in [0.15, 0.2) is 12.4 Å². The lowest BCUT2D eigenvalue weighted by atomic mass is 10.1. The summed E-state index contributed by atoms with van der Waals surface area (Å²) in [4.78, 5) is 24.7. The Labute approximate surface area is 158 Å². The SMILES string of the molecule is CCc1ccc(C(=O)COC(=O)c2ccccc2Nc2ccccc2)cc1.